The van der Waals surface area contributed by atoms with E-state index in [-0.39, 0.29) is 6.03 Å². The molecule has 1 aliphatic carbocycles. The summed E-state index contributed by atoms with van der Waals surface area (Å²) in [5, 5.41) is 4.23. The van der Waals surface area contributed by atoms with Gasteiger partial charge in [-0.3, -0.25) is 0 Å². The molecule has 0 atom stereocenters. The van der Waals surface area contributed by atoms with E-state index < -0.39 is 0 Å². The van der Waals surface area contributed by atoms with Crippen molar-refractivity contribution in [2.75, 3.05) is 18.4 Å². The van der Waals surface area contributed by atoms with Gasteiger partial charge in [0.2, 0.25) is 0 Å². The number of carbonyl (C=O) groups is 1. The molecule has 6 heteroatoms. The Morgan fingerprint density at radius 3 is 2.71 bits per heavy atom. The van der Waals surface area contributed by atoms with E-state index in [0.717, 1.165) is 35.3 Å². The first kappa shape index (κ1) is 20.7. The molecule has 2 N–H and O–H groups in total. The number of amides is 2. The molecular formula is C28H27N5O. The fourth-order valence-electron chi connectivity index (χ4n) is 4.81. The summed E-state index contributed by atoms with van der Waals surface area (Å²) in [7, 11) is 0. The SMILES string of the molecule is O=C(Nc1cccc(Cc2ccccc2)c1)N1CC=C(c2ncnc3[nH]cc(C4CC4)c23)CC1. The highest BCUT2D eigenvalue weighted by atomic mass is 16.2. The van der Waals surface area contributed by atoms with Crippen LogP contribution in [0.4, 0.5) is 10.5 Å². The highest BCUT2D eigenvalue weighted by Crippen LogP contribution is 2.44. The third-order valence-electron chi connectivity index (χ3n) is 6.75. The van der Waals surface area contributed by atoms with Crippen LogP contribution in [-0.2, 0) is 6.42 Å². The molecule has 6 rings (SSSR count). The van der Waals surface area contributed by atoms with E-state index in [1.165, 1.54) is 35.1 Å². The molecule has 4 aromatic rings. The monoisotopic (exact) mass is 449 g/mol. The number of hydrogen-bond acceptors (Lipinski definition) is 3. The van der Waals surface area contributed by atoms with Gasteiger partial charge in [-0.15, -0.1) is 0 Å². The standard InChI is InChI=1S/C28H27N5O/c34-28(32-23-8-4-7-20(16-23)15-19-5-2-1-3-6-19)33-13-11-22(12-14-33)26-25-24(21-9-10-21)17-29-27(25)31-18-30-26/h1-8,11,16-18,21H,9-10,12-15H2,(H,32,34)(H,29,30,31). The van der Waals surface area contributed by atoms with Crippen LogP contribution in [0.5, 0.6) is 0 Å². The maximum atomic E-state index is 13.0. The minimum Gasteiger partial charge on any atom is -0.346 e. The van der Waals surface area contributed by atoms with E-state index in [0.29, 0.717) is 19.0 Å². The van der Waals surface area contributed by atoms with Gasteiger partial charge in [0.25, 0.3) is 0 Å². The van der Waals surface area contributed by atoms with Crippen molar-refractivity contribution in [3.05, 3.63) is 95.6 Å². The van der Waals surface area contributed by atoms with Crippen LogP contribution in [0.2, 0.25) is 0 Å². The minimum absolute atomic E-state index is 0.0692. The number of carbonyl (C=O) groups excluding carboxylic acids is 1. The van der Waals surface area contributed by atoms with Crippen molar-refractivity contribution in [1.82, 2.24) is 19.9 Å². The number of fused-ring (bicyclic) bond motifs is 1. The Labute approximate surface area is 198 Å². The van der Waals surface area contributed by atoms with Crippen LogP contribution >= 0.6 is 0 Å². The van der Waals surface area contributed by atoms with Gasteiger partial charge in [-0.1, -0.05) is 48.5 Å². The first-order valence-electron chi connectivity index (χ1n) is 11.9. The summed E-state index contributed by atoms with van der Waals surface area (Å²) in [6.07, 6.45) is 9.96. The molecule has 6 nitrogen and oxygen atoms in total. The third kappa shape index (κ3) is 4.19. The topological polar surface area (TPSA) is 73.9 Å². The number of rotatable bonds is 5. The molecule has 1 saturated carbocycles. The van der Waals surface area contributed by atoms with Crippen LogP contribution in [0.3, 0.4) is 0 Å². The van der Waals surface area contributed by atoms with Crippen molar-refractivity contribution < 1.29 is 4.79 Å². The summed E-state index contributed by atoms with van der Waals surface area (Å²) in [5.74, 6) is 0.627. The molecule has 3 heterocycles. The molecule has 0 bridgehead atoms. The molecular weight excluding hydrogens is 422 g/mol. The Balaban J connectivity index is 1.15. The van der Waals surface area contributed by atoms with Gasteiger partial charge in [0.15, 0.2) is 0 Å². The number of nitrogens with zero attached hydrogens (tertiary/aromatic N) is 3. The van der Waals surface area contributed by atoms with Crippen LogP contribution in [0.15, 0.2) is 73.2 Å². The lowest BCUT2D eigenvalue weighted by molar-refractivity contribution is 0.217. The van der Waals surface area contributed by atoms with Crippen molar-refractivity contribution in [3.8, 4) is 0 Å². The van der Waals surface area contributed by atoms with Crippen LogP contribution in [0.25, 0.3) is 16.6 Å². The van der Waals surface area contributed by atoms with Gasteiger partial charge in [-0.05, 0) is 66.0 Å². The highest BCUT2D eigenvalue weighted by Gasteiger charge is 2.29. The number of urea groups is 1. The number of aromatic nitrogens is 3. The van der Waals surface area contributed by atoms with E-state index >= 15 is 0 Å². The lowest BCUT2D eigenvalue weighted by atomic mass is 9.99. The molecule has 2 aromatic heterocycles. The second kappa shape index (κ2) is 8.78. The van der Waals surface area contributed by atoms with Crippen LogP contribution in [0.1, 0.15) is 47.6 Å². The summed E-state index contributed by atoms with van der Waals surface area (Å²) < 4.78 is 0. The summed E-state index contributed by atoms with van der Waals surface area (Å²) in [5.41, 5.74) is 7.71. The van der Waals surface area contributed by atoms with Crippen LogP contribution in [0, 0.1) is 0 Å². The highest BCUT2D eigenvalue weighted by molar-refractivity contribution is 5.93. The predicted molar refractivity (Wildman–Crippen MR) is 135 cm³/mol. The lowest BCUT2D eigenvalue weighted by Crippen LogP contribution is -2.38. The van der Waals surface area contributed by atoms with Gasteiger partial charge in [0.1, 0.15) is 12.0 Å². The zero-order valence-electron chi connectivity index (χ0n) is 19.0. The van der Waals surface area contributed by atoms with Crippen LogP contribution < -0.4 is 5.32 Å². The van der Waals surface area contributed by atoms with Crippen molar-refractivity contribution in [2.24, 2.45) is 0 Å². The molecule has 0 saturated heterocycles. The molecule has 1 aliphatic heterocycles. The van der Waals surface area contributed by atoms with Gasteiger partial charge < -0.3 is 15.2 Å². The maximum absolute atomic E-state index is 13.0. The molecule has 2 aromatic carbocycles. The van der Waals surface area contributed by atoms with Gasteiger partial charge in [-0.25, -0.2) is 14.8 Å². The minimum atomic E-state index is -0.0692. The largest absolute Gasteiger partial charge is 0.346 e. The van der Waals surface area contributed by atoms with E-state index in [2.05, 4.69) is 56.8 Å². The molecule has 0 radical (unpaired) electrons. The van der Waals surface area contributed by atoms with E-state index in [1.807, 2.05) is 35.2 Å². The Hall–Kier alpha value is -3.93. The molecule has 1 fully saturated rings. The molecule has 34 heavy (non-hydrogen) atoms. The Kier molecular flexibility index (Phi) is 5.34. The first-order chi connectivity index (χ1) is 16.7. The van der Waals surface area contributed by atoms with Crippen molar-refractivity contribution >= 4 is 28.3 Å². The zero-order valence-corrected chi connectivity index (χ0v) is 19.0. The maximum Gasteiger partial charge on any atom is 0.322 e. The quantitative estimate of drug-likeness (QED) is 0.408. The molecule has 0 spiro atoms. The average molecular weight is 450 g/mol. The summed E-state index contributed by atoms with van der Waals surface area (Å²) in [4.78, 5) is 27.2. The number of nitrogens with one attached hydrogen (secondary N) is 2. The van der Waals surface area contributed by atoms with E-state index in [1.54, 1.807) is 6.33 Å². The number of aromatic amines is 1. The van der Waals surface area contributed by atoms with Gasteiger partial charge in [0, 0.05) is 30.4 Å². The molecule has 170 valence electrons. The first-order valence-corrected chi connectivity index (χ1v) is 11.9. The third-order valence-corrected chi connectivity index (χ3v) is 6.75. The van der Waals surface area contributed by atoms with Crippen molar-refractivity contribution in [2.45, 2.75) is 31.6 Å². The molecule has 2 aliphatic rings. The Morgan fingerprint density at radius 2 is 1.91 bits per heavy atom. The predicted octanol–water partition coefficient (Wildman–Crippen LogP) is 5.75. The van der Waals surface area contributed by atoms with Gasteiger partial charge in [0.05, 0.1) is 5.69 Å². The average Bonchev–Trinajstić information content (AvgIpc) is 3.63. The second-order valence-electron chi connectivity index (χ2n) is 9.18. The zero-order chi connectivity index (χ0) is 22.9. The number of anilines is 1. The normalized spacial score (nSPS) is 15.9. The second-order valence-corrected chi connectivity index (χ2v) is 9.18. The summed E-state index contributed by atoms with van der Waals surface area (Å²) in [6.45, 7) is 1.23. The number of hydrogen-bond donors (Lipinski definition) is 2. The van der Waals surface area contributed by atoms with Crippen molar-refractivity contribution in [3.63, 3.8) is 0 Å². The number of benzene rings is 2. The van der Waals surface area contributed by atoms with Gasteiger partial charge in [-0.2, -0.15) is 0 Å². The number of H-pyrrole nitrogens is 1. The lowest BCUT2D eigenvalue weighted by Gasteiger charge is -2.27. The molecule has 0 unspecified atom stereocenters. The summed E-state index contributed by atoms with van der Waals surface area (Å²) in [6, 6.07) is 18.4. The fraction of sp³-hybridized carbons (Fsp3) is 0.250. The van der Waals surface area contributed by atoms with Crippen LogP contribution in [-0.4, -0.2) is 39.0 Å². The fourth-order valence-corrected chi connectivity index (χ4v) is 4.81. The molecule has 2 amide bonds. The van der Waals surface area contributed by atoms with Crippen molar-refractivity contribution in [1.29, 1.82) is 0 Å². The van der Waals surface area contributed by atoms with E-state index in [4.69, 9.17) is 0 Å². The smallest absolute Gasteiger partial charge is 0.322 e. The van der Waals surface area contributed by atoms with Gasteiger partial charge >= 0.3 is 6.03 Å². The van der Waals surface area contributed by atoms with E-state index in [9.17, 15) is 4.79 Å². The Bertz CT molecular complexity index is 1370. The Morgan fingerprint density at radius 1 is 1.06 bits per heavy atom. The summed E-state index contributed by atoms with van der Waals surface area (Å²) >= 11 is 0.